The van der Waals surface area contributed by atoms with Crippen molar-refractivity contribution >= 4 is 17.9 Å². The molecule has 1 aliphatic rings. The molecule has 1 heterocycles. The fourth-order valence-corrected chi connectivity index (χ4v) is 2.45. The van der Waals surface area contributed by atoms with Crippen molar-refractivity contribution in [2.24, 2.45) is 0 Å². The summed E-state index contributed by atoms with van der Waals surface area (Å²) in [5, 5.41) is 18.8. The molecule has 11 heteroatoms. The molecule has 178 valence electrons. The van der Waals surface area contributed by atoms with Crippen LogP contribution in [0.15, 0.2) is 0 Å². The van der Waals surface area contributed by atoms with Gasteiger partial charge in [0.15, 0.2) is 12.4 Å². The van der Waals surface area contributed by atoms with Gasteiger partial charge < -0.3 is 24.4 Å². The number of hydrogen-bond acceptors (Lipinski definition) is 10. The summed E-state index contributed by atoms with van der Waals surface area (Å²) in [6.07, 6.45) is -2.82. The number of hydroxylamine groups is 2. The summed E-state index contributed by atoms with van der Waals surface area (Å²) in [6.45, 7) is 12.6. The number of aliphatic hydroxyl groups excluding tert-OH is 1. The molecule has 11 nitrogen and oxygen atoms in total. The van der Waals surface area contributed by atoms with E-state index >= 15 is 0 Å². The van der Waals surface area contributed by atoms with Crippen molar-refractivity contribution in [3.8, 4) is 0 Å². The second-order valence-corrected chi connectivity index (χ2v) is 5.81. The maximum atomic E-state index is 11.3. The number of carbonyl (C=O) groups is 3. The molecule has 3 unspecified atom stereocenters. The lowest BCUT2D eigenvalue weighted by atomic mass is 10.00. The highest BCUT2D eigenvalue weighted by Gasteiger charge is 2.42. The third kappa shape index (κ3) is 15.1. The Hall–Kier alpha value is -1.79. The molecule has 0 aliphatic carbocycles. The first-order valence-corrected chi connectivity index (χ1v) is 10.0. The predicted octanol–water partition coefficient (Wildman–Crippen LogP) is 1.67. The van der Waals surface area contributed by atoms with Crippen LogP contribution in [0.3, 0.4) is 0 Å². The highest BCUT2D eigenvalue weighted by atomic mass is 16.9. The molecule has 2 N–H and O–H groups in total. The zero-order valence-electron chi connectivity index (χ0n) is 19.0. The van der Waals surface area contributed by atoms with Crippen LogP contribution in [0.5, 0.6) is 0 Å². The molecule has 1 rings (SSSR count). The van der Waals surface area contributed by atoms with Crippen LogP contribution in [0.1, 0.15) is 61.3 Å². The Labute approximate surface area is 178 Å². The molecule has 0 saturated carbocycles. The maximum absolute atomic E-state index is 11.3. The molecule has 0 aromatic carbocycles. The van der Waals surface area contributed by atoms with Crippen molar-refractivity contribution in [3.05, 3.63) is 0 Å². The van der Waals surface area contributed by atoms with Gasteiger partial charge in [-0.3, -0.25) is 24.1 Å². The Morgan fingerprint density at radius 3 is 1.87 bits per heavy atom. The number of esters is 2. The Kier molecular flexibility index (Phi) is 18.3. The molecule has 0 aromatic heterocycles. The second-order valence-electron chi connectivity index (χ2n) is 5.81. The zero-order valence-corrected chi connectivity index (χ0v) is 19.0. The summed E-state index contributed by atoms with van der Waals surface area (Å²) in [7, 11) is 0. The van der Waals surface area contributed by atoms with Gasteiger partial charge in [-0.2, -0.15) is 0 Å². The summed E-state index contributed by atoms with van der Waals surface area (Å²) < 4.78 is 15.7. The molecule has 0 bridgehead atoms. The van der Waals surface area contributed by atoms with Gasteiger partial charge in [0.25, 0.3) is 5.97 Å². The van der Waals surface area contributed by atoms with E-state index in [4.69, 9.17) is 33.8 Å². The first-order valence-electron chi connectivity index (χ1n) is 10.0. The van der Waals surface area contributed by atoms with E-state index < -0.39 is 42.5 Å². The SMILES string of the molecule is CC.CC(=O)O.CCON(CC[C@@H]1CC(OC(C)=O)C(OC(C)=O)C(O)O1)OCC. The number of carboxylic acid groups (broad SMARTS) is 1. The zero-order chi connectivity index (χ0) is 23.7. The van der Waals surface area contributed by atoms with E-state index in [0.29, 0.717) is 32.6 Å². The van der Waals surface area contributed by atoms with E-state index in [1.54, 1.807) is 0 Å². The predicted molar refractivity (Wildman–Crippen MR) is 106 cm³/mol. The fourth-order valence-electron chi connectivity index (χ4n) is 2.45. The van der Waals surface area contributed by atoms with Gasteiger partial charge in [0.05, 0.1) is 25.9 Å². The Morgan fingerprint density at radius 1 is 1.00 bits per heavy atom. The summed E-state index contributed by atoms with van der Waals surface area (Å²) in [5.41, 5.74) is 0. The quantitative estimate of drug-likeness (QED) is 0.400. The average molecular weight is 440 g/mol. The van der Waals surface area contributed by atoms with Gasteiger partial charge in [0.1, 0.15) is 6.10 Å². The lowest BCUT2D eigenvalue weighted by Crippen LogP contribution is -2.52. The molecule has 4 atom stereocenters. The molecule has 1 fully saturated rings. The minimum absolute atomic E-state index is 0.292. The van der Waals surface area contributed by atoms with Crippen molar-refractivity contribution in [2.75, 3.05) is 19.8 Å². The summed E-state index contributed by atoms with van der Waals surface area (Å²) >= 11 is 0. The number of ether oxygens (including phenoxy) is 3. The van der Waals surface area contributed by atoms with Gasteiger partial charge in [-0.1, -0.05) is 19.1 Å². The molecular weight excluding hydrogens is 402 g/mol. The number of carbonyl (C=O) groups excluding carboxylic acids is 2. The van der Waals surface area contributed by atoms with E-state index in [0.717, 1.165) is 6.92 Å². The van der Waals surface area contributed by atoms with E-state index in [9.17, 15) is 14.7 Å². The standard InChI is InChI=1S/C15H27NO8.C2H4O2.C2H6/c1-5-20-16(21-6-2)8-7-12-9-13(22-10(3)17)14(15(19)24-12)23-11(4)18;1-2(3)4;1-2/h12-15,19H,5-9H2,1-4H3;1H3,(H,3,4);1-2H3/t12-,13?,14?,15?;;/m1../s1. The number of rotatable bonds is 9. The topological polar surface area (TPSA) is 141 Å². The van der Waals surface area contributed by atoms with Gasteiger partial charge in [0.2, 0.25) is 0 Å². The van der Waals surface area contributed by atoms with Crippen LogP contribution in [0.4, 0.5) is 0 Å². The number of hydrogen-bond donors (Lipinski definition) is 2. The molecule has 0 amide bonds. The van der Waals surface area contributed by atoms with Crippen LogP contribution in [0.25, 0.3) is 0 Å². The first kappa shape index (κ1) is 30.4. The Morgan fingerprint density at radius 2 is 1.47 bits per heavy atom. The van der Waals surface area contributed by atoms with Crippen LogP contribution >= 0.6 is 0 Å². The van der Waals surface area contributed by atoms with Gasteiger partial charge in [0, 0.05) is 27.2 Å². The van der Waals surface area contributed by atoms with Gasteiger partial charge >= 0.3 is 11.9 Å². The van der Waals surface area contributed by atoms with Gasteiger partial charge in [-0.15, -0.1) is 0 Å². The normalized spacial score (nSPS) is 22.7. The van der Waals surface area contributed by atoms with Gasteiger partial charge in [-0.05, 0) is 20.3 Å². The largest absolute Gasteiger partial charge is 0.481 e. The summed E-state index contributed by atoms with van der Waals surface area (Å²) in [4.78, 5) is 42.0. The lowest BCUT2D eigenvalue weighted by Gasteiger charge is -2.38. The minimum Gasteiger partial charge on any atom is -0.481 e. The molecule has 0 aromatic rings. The lowest BCUT2D eigenvalue weighted by molar-refractivity contribution is -0.367. The monoisotopic (exact) mass is 439 g/mol. The summed E-state index contributed by atoms with van der Waals surface area (Å²) in [6, 6.07) is 0. The smallest absolute Gasteiger partial charge is 0.303 e. The highest BCUT2D eigenvalue weighted by molar-refractivity contribution is 5.67. The van der Waals surface area contributed by atoms with Crippen molar-refractivity contribution in [1.82, 2.24) is 5.23 Å². The highest BCUT2D eigenvalue weighted by Crippen LogP contribution is 2.26. The molecular formula is C19H37NO10. The molecule has 30 heavy (non-hydrogen) atoms. The third-order valence-corrected chi connectivity index (χ3v) is 3.27. The van der Waals surface area contributed by atoms with Crippen molar-refractivity contribution in [2.45, 2.75) is 85.9 Å². The van der Waals surface area contributed by atoms with Crippen LogP contribution in [-0.4, -0.2) is 77.7 Å². The third-order valence-electron chi connectivity index (χ3n) is 3.27. The number of carboxylic acids is 1. The fraction of sp³-hybridized carbons (Fsp3) is 0.842. The molecule has 1 saturated heterocycles. The molecule has 0 radical (unpaired) electrons. The van der Waals surface area contributed by atoms with Crippen molar-refractivity contribution < 1.29 is 48.5 Å². The molecule has 1 aliphatic heterocycles. The maximum Gasteiger partial charge on any atom is 0.303 e. The van der Waals surface area contributed by atoms with E-state index in [2.05, 4.69) is 0 Å². The van der Waals surface area contributed by atoms with Gasteiger partial charge in [-0.25, -0.2) is 0 Å². The first-order chi connectivity index (χ1) is 14.1. The van der Waals surface area contributed by atoms with Crippen LogP contribution < -0.4 is 0 Å². The van der Waals surface area contributed by atoms with E-state index in [1.165, 1.54) is 19.1 Å². The van der Waals surface area contributed by atoms with E-state index in [1.807, 2.05) is 27.7 Å². The van der Waals surface area contributed by atoms with Crippen molar-refractivity contribution in [3.63, 3.8) is 0 Å². The average Bonchev–Trinajstić information content (AvgIpc) is 2.63. The number of aliphatic carboxylic acids is 1. The van der Waals surface area contributed by atoms with Crippen LogP contribution in [-0.2, 0) is 38.3 Å². The molecule has 0 spiro atoms. The van der Waals surface area contributed by atoms with Crippen molar-refractivity contribution in [1.29, 1.82) is 0 Å². The second kappa shape index (κ2) is 18.0. The minimum atomic E-state index is -1.37. The van der Waals surface area contributed by atoms with Crippen LogP contribution in [0.2, 0.25) is 0 Å². The van der Waals surface area contributed by atoms with E-state index in [-0.39, 0.29) is 0 Å². The number of aliphatic hydroxyl groups is 1. The number of nitrogens with zero attached hydrogens (tertiary/aromatic N) is 1. The Bertz CT molecular complexity index is 478. The summed E-state index contributed by atoms with van der Waals surface area (Å²) in [5.74, 6) is -1.94. The Balaban J connectivity index is 0. The van der Waals surface area contributed by atoms with Crippen LogP contribution in [0, 0.1) is 0 Å².